The van der Waals surface area contributed by atoms with Crippen molar-refractivity contribution in [2.45, 2.75) is 46.6 Å². The fourth-order valence-corrected chi connectivity index (χ4v) is 2.09. The summed E-state index contributed by atoms with van der Waals surface area (Å²) in [4.78, 5) is 8.77. The Kier molecular flexibility index (Phi) is 4.65. The van der Waals surface area contributed by atoms with E-state index in [4.69, 9.17) is 0 Å². The zero-order valence-electron chi connectivity index (χ0n) is 12.6. The molecule has 0 aliphatic rings. The third kappa shape index (κ3) is 3.53. The molecule has 0 spiro atoms. The molecular weight excluding hydrogens is 252 g/mol. The number of nitrogens with one attached hydrogen (secondary N) is 1. The molecule has 0 atom stereocenters. The molecule has 2 heterocycles. The molecule has 20 heavy (non-hydrogen) atoms. The van der Waals surface area contributed by atoms with Crippen LogP contribution in [0.3, 0.4) is 0 Å². The topological polar surface area (TPSA) is 68.5 Å². The van der Waals surface area contributed by atoms with Crippen molar-refractivity contribution in [2.24, 2.45) is 0 Å². The lowest BCUT2D eigenvalue weighted by atomic mass is 10.2. The Morgan fingerprint density at radius 3 is 2.80 bits per heavy atom. The van der Waals surface area contributed by atoms with E-state index in [1.165, 1.54) is 0 Å². The lowest BCUT2D eigenvalue weighted by Crippen LogP contribution is -2.14. The lowest BCUT2D eigenvalue weighted by molar-refractivity contribution is 0.636. The summed E-state index contributed by atoms with van der Waals surface area (Å²) in [5.41, 5.74) is 1.06. The molecule has 6 nitrogen and oxygen atoms in total. The van der Waals surface area contributed by atoms with Crippen LogP contribution >= 0.6 is 0 Å². The second-order valence-electron chi connectivity index (χ2n) is 5.11. The Balaban J connectivity index is 1.96. The van der Waals surface area contributed by atoms with E-state index in [2.05, 4.69) is 50.8 Å². The predicted molar refractivity (Wildman–Crippen MR) is 78.7 cm³/mol. The predicted octanol–water partition coefficient (Wildman–Crippen LogP) is 2.17. The maximum absolute atomic E-state index is 4.40. The molecule has 0 aliphatic carbocycles. The number of aromatic nitrogens is 5. The highest BCUT2D eigenvalue weighted by Gasteiger charge is 2.08. The summed E-state index contributed by atoms with van der Waals surface area (Å²) in [6, 6.07) is 2.00. The van der Waals surface area contributed by atoms with E-state index >= 15 is 0 Å². The Hall–Kier alpha value is -1.98. The number of anilines is 1. The van der Waals surface area contributed by atoms with Crippen molar-refractivity contribution in [1.29, 1.82) is 0 Å². The summed E-state index contributed by atoms with van der Waals surface area (Å²) in [6.45, 7) is 9.87. The van der Waals surface area contributed by atoms with Gasteiger partial charge >= 0.3 is 0 Å². The monoisotopic (exact) mass is 274 g/mol. The largest absolute Gasteiger partial charge is 0.368 e. The molecule has 0 saturated heterocycles. The van der Waals surface area contributed by atoms with Crippen molar-refractivity contribution in [3.05, 3.63) is 29.7 Å². The van der Waals surface area contributed by atoms with E-state index in [0.717, 1.165) is 42.7 Å². The van der Waals surface area contributed by atoms with Crippen LogP contribution in [0, 0.1) is 6.92 Å². The van der Waals surface area contributed by atoms with E-state index < -0.39 is 0 Å². The minimum Gasteiger partial charge on any atom is -0.368 e. The van der Waals surface area contributed by atoms with E-state index in [0.29, 0.717) is 5.92 Å². The first-order valence-corrected chi connectivity index (χ1v) is 7.06. The molecule has 0 radical (unpaired) electrons. The molecule has 6 heteroatoms. The molecule has 0 bridgehead atoms. The van der Waals surface area contributed by atoms with Crippen LogP contribution in [0.15, 0.2) is 12.4 Å². The summed E-state index contributed by atoms with van der Waals surface area (Å²) in [5.74, 6) is 3.08. The average molecular weight is 274 g/mol. The number of aryl methyl sites for hydroxylation is 2. The maximum Gasteiger partial charge on any atom is 0.135 e. The van der Waals surface area contributed by atoms with Gasteiger partial charge in [0.15, 0.2) is 0 Å². The second-order valence-corrected chi connectivity index (χ2v) is 5.11. The minimum absolute atomic E-state index is 0.380. The fraction of sp³-hybridized carbons (Fsp3) is 0.571. The van der Waals surface area contributed by atoms with Gasteiger partial charge in [0.05, 0.1) is 0 Å². The van der Waals surface area contributed by atoms with E-state index in [-0.39, 0.29) is 0 Å². The average Bonchev–Trinajstić information content (AvgIpc) is 2.86. The van der Waals surface area contributed by atoms with Gasteiger partial charge in [-0.2, -0.15) is 0 Å². The van der Waals surface area contributed by atoms with Crippen LogP contribution in [0.1, 0.15) is 44.0 Å². The van der Waals surface area contributed by atoms with Crippen molar-refractivity contribution in [2.75, 3.05) is 11.9 Å². The molecule has 0 aliphatic heterocycles. The third-order valence-corrected chi connectivity index (χ3v) is 3.07. The third-order valence-electron chi connectivity index (χ3n) is 3.07. The van der Waals surface area contributed by atoms with Gasteiger partial charge in [-0.25, -0.2) is 9.97 Å². The van der Waals surface area contributed by atoms with Crippen LogP contribution < -0.4 is 5.32 Å². The molecule has 0 fully saturated rings. The summed E-state index contributed by atoms with van der Waals surface area (Å²) < 4.78 is 2.08. The SMILES string of the molecule is CCc1cc(NCCn2cnnc2C(C)C)nc(C)n1. The summed E-state index contributed by atoms with van der Waals surface area (Å²) >= 11 is 0. The molecule has 0 amide bonds. The van der Waals surface area contributed by atoms with Gasteiger partial charge < -0.3 is 9.88 Å². The first-order chi connectivity index (χ1) is 9.60. The van der Waals surface area contributed by atoms with E-state index in [1.54, 1.807) is 6.33 Å². The molecule has 0 aromatic carbocycles. The summed E-state index contributed by atoms with van der Waals surface area (Å²) in [6.07, 6.45) is 2.70. The van der Waals surface area contributed by atoms with Gasteiger partial charge in [-0.15, -0.1) is 10.2 Å². The van der Waals surface area contributed by atoms with Crippen LogP contribution in [-0.2, 0) is 13.0 Å². The quantitative estimate of drug-likeness (QED) is 0.874. The highest BCUT2D eigenvalue weighted by atomic mass is 15.3. The van der Waals surface area contributed by atoms with E-state index in [1.807, 2.05) is 13.0 Å². The second kappa shape index (κ2) is 6.45. The highest BCUT2D eigenvalue weighted by molar-refractivity contribution is 5.35. The van der Waals surface area contributed by atoms with Crippen LogP contribution in [0.2, 0.25) is 0 Å². The Bertz CT molecular complexity index is 561. The van der Waals surface area contributed by atoms with Gasteiger partial charge in [-0.3, -0.25) is 0 Å². The Morgan fingerprint density at radius 1 is 1.30 bits per heavy atom. The van der Waals surface area contributed by atoms with E-state index in [9.17, 15) is 0 Å². The lowest BCUT2D eigenvalue weighted by Gasteiger charge is -2.11. The normalized spacial score (nSPS) is 11.1. The highest BCUT2D eigenvalue weighted by Crippen LogP contribution is 2.11. The molecule has 1 N–H and O–H groups in total. The fourth-order valence-electron chi connectivity index (χ4n) is 2.09. The smallest absolute Gasteiger partial charge is 0.135 e. The van der Waals surface area contributed by atoms with Crippen LogP contribution in [0.5, 0.6) is 0 Å². The first kappa shape index (κ1) is 14.4. The minimum atomic E-state index is 0.380. The number of hydrogen-bond donors (Lipinski definition) is 1. The summed E-state index contributed by atoms with van der Waals surface area (Å²) in [5, 5.41) is 11.4. The molecule has 2 aromatic heterocycles. The van der Waals surface area contributed by atoms with Gasteiger partial charge in [-0.1, -0.05) is 20.8 Å². The Labute approximate surface area is 119 Å². The van der Waals surface area contributed by atoms with Gasteiger partial charge in [0, 0.05) is 30.8 Å². The molecular formula is C14H22N6. The maximum atomic E-state index is 4.40. The van der Waals surface area contributed by atoms with Crippen molar-refractivity contribution in [1.82, 2.24) is 24.7 Å². The zero-order valence-corrected chi connectivity index (χ0v) is 12.6. The molecule has 108 valence electrons. The number of nitrogens with zero attached hydrogens (tertiary/aromatic N) is 5. The number of hydrogen-bond acceptors (Lipinski definition) is 5. The van der Waals surface area contributed by atoms with Crippen molar-refractivity contribution in [3.8, 4) is 0 Å². The van der Waals surface area contributed by atoms with Gasteiger partial charge in [0.2, 0.25) is 0 Å². The van der Waals surface area contributed by atoms with Gasteiger partial charge in [-0.05, 0) is 13.3 Å². The van der Waals surface area contributed by atoms with Crippen LogP contribution in [0.4, 0.5) is 5.82 Å². The van der Waals surface area contributed by atoms with Crippen molar-refractivity contribution < 1.29 is 0 Å². The molecule has 2 aromatic rings. The van der Waals surface area contributed by atoms with Crippen LogP contribution in [0.25, 0.3) is 0 Å². The van der Waals surface area contributed by atoms with Crippen molar-refractivity contribution >= 4 is 5.82 Å². The molecule has 2 rings (SSSR count). The van der Waals surface area contributed by atoms with Crippen molar-refractivity contribution in [3.63, 3.8) is 0 Å². The first-order valence-electron chi connectivity index (χ1n) is 7.06. The van der Waals surface area contributed by atoms with Gasteiger partial charge in [0.1, 0.15) is 23.8 Å². The van der Waals surface area contributed by atoms with Gasteiger partial charge in [0.25, 0.3) is 0 Å². The standard InChI is InChI=1S/C14H22N6/c1-5-12-8-13(18-11(4)17-12)15-6-7-20-9-16-19-14(20)10(2)3/h8-10H,5-7H2,1-4H3,(H,15,17,18). The number of rotatable bonds is 6. The molecule has 0 saturated carbocycles. The summed E-state index contributed by atoms with van der Waals surface area (Å²) in [7, 11) is 0. The Morgan fingerprint density at radius 2 is 2.10 bits per heavy atom. The zero-order chi connectivity index (χ0) is 14.5. The van der Waals surface area contributed by atoms with Crippen LogP contribution in [-0.4, -0.2) is 31.3 Å². The molecule has 0 unspecified atom stereocenters.